The Hall–Kier alpha value is -2.14. The van der Waals surface area contributed by atoms with Gasteiger partial charge in [-0.15, -0.1) is 0 Å². The van der Waals surface area contributed by atoms with Crippen molar-refractivity contribution in [3.05, 3.63) is 53.9 Å². The molecule has 0 saturated heterocycles. The van der Waals surface area contributed by atoms with Crippen LogP contribution in [-0.4, -0.2) is 23.2 Å². The van der Waals surface area contributed by atoms with Crippen LogP contribution in [0.2, 0.25) is 17.3 Å². The topological polar surface area (TPSA) is 38.9 Å². The molecule has 1 aromatic carbocycles. The number of aryl methyl sites for hydroxylation is 2. The van der Waals surface area contributed by atoms with E-state index < -0.39 is 13.3 Å². The van der Waals surface area contributed by atoms with Gasteiger partial charge in [0.05, 0.1) is 0 Å². The second kappa shape index (κ2) is 5.70. The van der Waals surface area contributed by atoms with Crippen molar-refractivity contribution in [1.29, 1.82) is 0 Å². The van der Waals surface area contributed by atoms with Crippen LogP contribution in [-0.2, 0) is 0 Å². The molecule has 0 bridgehead atoms. The van der Waals surface area contributed by atoms with E-state index in [2.05, 4.69) is 65.7 Å². The molecule has 126 valence electrons. The van der Waals surface area contributed by atoms with E-state index in [4.69, 9.17) is 9.40 Å². The van der Waals surface area contributed by atoms with Crippen molar-refractivity contribution in [2.45, 2.75) is 31.1 Å². The van der Waals surface area contributed by atoms with Gasteiger partial charge in [-0.3, -0.25) is 0 Å². The molecule has 0 amide bonds. The first-order chi connectivity index (χ1) is 11.8. The molecule has 0 N–H and O–H groups in total. The van der Waals surface area contributed by atoms with E-state index in [-0.39, 0.29) is 0 Å². The zero-order chi connectivity index (χ0) is 17.8. The van der Waals surface area contributed by atoms with Crippen LogP contribution in [0.3, 0.4) is 0 Å². The molecule has 0 atom stereocenters. The average molecular weight is 391 g/mol. The summed E-state index contributed by atoms with van der Waals surface area (Å²) in [5, 5.41) is 2.15. The summed E-state index contributed by atoms with van der Waals surface area (Å²) in [5.74, 6) is 7.20. The van der Waals surface area contributed by atoms with Crippen molar-refractivity contribution in [2.75, 3.05) is 0 Å². The van der Waals surface area contributed by atoms with Crippen molar-refractivity contribution in [1.82, 2.24) is 9.97 Å². The van der Waals surface area contributed by atoms with Crippen molar-refractivity contribution in [2.24, 2.45) is 0 Å². The third-order valence-corrected chi connectivity index (χ3v) is 9.19. The molecule has 0 saturated carbocycles. The SMILES string of the molecule is Cc1ccc2c(n1)oc1c(-c3cc(C)[c]([Ge]([CH3])([CH3])[CH3])cn3)cccc12. The summed E-state index contributed by atoms with van der Waals surface area (Å²) in [4.78, 5) is 9.31. The molecule has 0 radical (unpaired) electrons. The molecule has 0 aliphatic rings. The summed E-state index contributed by atoms with van der Waals surface area (Å²) in [7, 11) is 0. The standard InChI is InChI=1S/C21H22GeN2O/c1-13-11-19(23-12-18(13)22(3,4)5)17-8-6-7-15-16-10-9-14(2)24-21(16)25-20(15)17/h6-12H,1-5H3. The molecule has 0 aliphatic carbocycles. The fourth-order valence-corrected chi connectivity index (χ4v) is 7.04. The molecule has 0 unspecified atom stereocenters. The van der Waals surface area contributed by atoms with Crippen LogP contribution in [0, 0.1) is 13.8 Å². The molecule has 3 aromatic heterocycles. The van der Waals surface area contributed by atoms with Gasteiger partial charge in [-0.2, -0.15) is 0 Å². The Kier molecular flexibility index (Phi) is 3.72. The van der Waals surface area contributed by atoms with Gasteiger partial charge in [0, 0.05) is 0 Å². The van der Waals surface area contributed by atoms with Gasteiger partial charge in [-0.25, -0.2) is 0 Å². The Morgan fingerprint density at radius 2 is 1.76 bits per heavy atom. The van der Waals surface area contributed by atoms with Gasteiger partial charge in [0.15, 0.2) is 0 Å². The van der Waals surface area contributed by atoms with Gasteiger partial charge in [0.2, 0.25) is 0 Å². The van der Waals surface area contributed by atoms with E-state index >= 15 is 0 Å². The first kappa shape index (κ1) is 16.3. The van der Waals surface area contributed by atoms with Crippen molar-refractivity contribution >= 4 is 39.7 Å². The maximum absolute atomic E-state index is 6.12. The monoisotopic (exact) mass is 392 g/mol. The molecular weight excluding hydrogens is 369 g/mol. The molecule has 0 fully saturated rings. The summed E-state index contributed by atoms with van der Waals surface area (Å²) in [6, 6.07) is 12.6. The predicted molar refractivity (Wildman–Crippen MR) is 107 cm³/mol. The Morgan fingerprint density at radius 3 is 2.48 bits per heavy atom. The zero-order valence-corrected chi connectivity index (χ0v) is 17.4. The zero-order valence-electron chi connectivity index (χ0n) is 15.3. The third-order valence-electron chi connectivity index (χ3n) is 4.70. The van der Waals surface area contributed by atoms with Crippen LogP contribution in [0.25, 0.3) is 33.3 Å². The van der Waals surface area contributed by atoms with E-state index in [1.807, 2.05) is 13.0 Å². The maximum atomic E-state index is 6.12. The number of benzene rings is 1. The van der Waals surface area contributed by atoms with Gasteiger partial charge in [0.1, 0.15) is 0 Å². The fraction of sp³-hybridized carbons (Fsp3) is 0.238. The summed E-state index contributed by atoms with van der Waals surface area (Å²) in [6.07, 6.45) is 2.08. The van der Waals surface area contributed by atoms with Gasteiger partial charge in [-0.1, -0.05) is 0 Å². The van der Waals surface area contributed by atoms with Gasteiger partial charge in [-0.05, 0) is 0 Å². The molecular formula is C21H22GeN2O. The average Bonchev–Trinajstić information content (AvgIpc) is 2.90. The van der Waals surface area contributed by atoms with E-state index in [9.17, 15) is 0 Å². The number of rotatable bonds is 2. The molecule has 3 heterocycles. The minimum absolute atomic E-state index is 0.695. The second-order valence-corrected chi connectivity index (χ2v) is 18.3. The third kappa shape index (κ3) is 2.76. The fourth-order valence-electron chi connectivity index (χ4n) is 3.46. The number of nitrogens with zero attached hydrogens (tertiary/aromatic N) is 2. The first-order valence-corrected chi connectivity index (χ1v) is 16.0. The molecule has 4 rings (SSSR count). The van der Waals surface area contributed by atoms with Crippen LogP contribution >= 0.6 is 0 Å². The van der Waals surface area contributed by atoms with Gasteiger partial charge >= 0.3 is 150 Å². The van der Waals surface area contributed by atoms with Gasteiger partial charge < -0.3 is 0 Å². The number of pyridine rings is 2. The summed E-state index contributed by atoms with van der Waals surface area (Å²) < 4.78 is 7.57. The number of fused-ring (bicyclic) bond motifs is 3. The van der Waals surface area contributed by atoms with Gasteiger partial charge in [0.25, 0.3) is 0 Å². The summed E-state index contributed by atoms with van der Waals surface area (Å²) >= 11 is -1.90. The number of furan rings is 1. The first-order valence-electron chi connectivity index (χ1n) is 8.61. The number of hydrogen-bond acceptors (Lipinski definition) is 3. The van der Waals surface area contributed by atoms with Crippen LogP contribution < -0.4 is 4.40 Å². The number of aromatic nitrogens is 2. The van der Waals surface area contributed by atoms with Crippen LogP contribution in [0.4, 0.5) is 0 Å². The Balaban J connectivity index is 1.95. The summed E-state index contributed by atoms with van der Waals surface area (Å²) in [6.45, 7) is 4.18. The quantitative estimate of drug-likeness (QED) is 0.441. The molecule has 4 aromatic rings. The summed E-state index contributed by atoms with van der Waals surface area (Å²) in [5.41, 5.74) is 5.86. The van der Waals surface area contributed by atoms with Crippen LogP contribution in [0.1, 0.15) is 11.3 Å². The number of para-hydroxylation sites is 1. The molecule has 25 heavy (non-hydrogen) atoms. The normalized spacial score (nSPS) is 12.2. The Labute approximate surface area is 150 Å². The van der Waals surface area contributed by atoms with Crippen molar-refractivity contribution < 1.29 is 4.42 Å². The van der Waals surface area contributed by atoms with Crippen LogP contribution in [0.15, 0.2) is 47.0 Å². The van der Waals surface area contributed by atoms with E-state index in [0.29, 0.717) is 5.71 Å². The predicted octanol–water partition coefficient (Wildman–Crippen LogP) is 5.21. The van der Waals surface area contributed by atoms with E-state index in [0.717, 1.165) is 33.3 Å². The van der Waals surface area contributed by atoms with E-state index in [1.54, 1.807) is 0 Å². The minimum atomic E-state index is -1.90. The Bertz CT molecular complexity index is 1110. The second-order valence-electron chi connectivity index (χ2n) is 7.72. The van der Waals surface area contributed by atoms with Crippen molar-refractivity contribution in [3.63, 3.8) is 0 Å². The Morgan fingerprint density at radius 1 is 0.960 bits per heavy atom. The van der Waals surface area contributed by atoms with Crippen molar-refractivity contribution in [3.8, 4) is 11.3 Å². The number of hydrogen-bond donors (Lipinski definition) is 0. The molecule has 3 nitrogen and oxygen atoms in total. The van der Waals surface area contributed by atoms with Crippen LogP contribution in [0.5, 0.6) is 0 Å². The van der Waals surface area contributed by atoms with E-state index in [1.165, 1.54) is 9.96 Å². The molecule has 0 spiro atoms. The molecule has 0 aliphatic heterocycles. The molecule has 4 heteroatoms.